The van der Waals surface area contributed by atoms with E-state index in [1.165, 1.54) is 4.90 Å². The highest BCUT2D eigenvalue weighted by molar-refractivity contribution is 6.30. The molecule has 2 aromatic carbocycles. The van der Waals surface area contributed by atoms with Crippen LogP contribution in [-0.2, 0) is 16.8 Å². The van der Waals surface area contributed by atoms with Crippen LogP contribution in [0.1, 0.15) is 24.0 Å². The van der Waals surface area contributed by atoms with Crippen molar-refractivity contribution in [2.24, 2.45) is 0 Å². The van der Waals surface area contributed by atoms with Crippen molar-refractivity contribution < 1.29 is 14.3 Å². The topological polar surface area (TPSA) is 58.6 Å². The van der Waals surface area contributed by atoms with Gasteiger partial charge in [0.05, 0.1) is 6.61 Å². The third kappa shape index (κ3) is 2.82. The van der Waals surface area contributed by atoms with E-state index < -0.39 is 5.54 Å². The maximum Gasteiger partial charge on any atom is 0.325 e. The number of rotatable bonds is 5. The Kier molecular flexibility index (Phi) is 4.32. The van der Waals surface area contributed by atoms with Gasteiger partial charge in [0, 0.05) is 11.6 Å². The van der Waals surface area contributed by atoms with Gasteiger partial charge in [-0.25, -0.2) is 4.79 Å². The Balaban J connectivity index is 1.39. The lowest BCUT2D eigenvalue weighted by atomic mass is 9.92. The van der Waals surface area contributed by atoms with Crippen molar-refractivity contribution >= 4 is 23.5 Å². The number of hydrogen-bond donors (Lipinski definition) is 1. The number of nitrogens with one attached hydrogen (secondary N) is 1. The van der Waals surface area contributed by atoms with E-state index >= 15 is 0 Å². The Labute approximate surface area is 156 Å². The van der Waals surface area contributed by atoms with Gasteiger partial charge in [-0.15, -0.1) is 0 Å². The summed E-state index contributed by atoms with van der Waals surface area (Å²) in [6, 6.07) is 14.6. The van der Waals surface area contributed by atoms with E-state index in [0.717, 1.165) is 17.5 Å². The van der Waals surface area contributed by atoms with Gasteiger partial charge in [0.15, 0.2) is 0 Å². The Bertz CT molecular complexity index is 852. The van der Waals surface area contributed by atoms with Gasteiger partial charge in [0.1, 0.15) is 11.3 Å². The third-order valence-electron chi connectivity index (χ3n) is 5.03. The minimum atomic E-state index is -0.884. The van der Waals surface area contributed by atoms with Crippen LogP contribution in [0.5, 0.6) is 5.75 Å². The van der Waals surface area contributed by atoms with E-state index in [4.69, 9.17) is 16.3 Å². The molecule has 134 valence electrons. The van der Waals surface area contributed by atoms with Crippen LogP contribution in [-0.4, -0.2) is 30.0 Å². The number of nitrogens with zero attached hydrogens (tertiary/aromatic N) is 1. The molecule has 3 amide bonds. The van der Waals surface area contributed by atoms with Crippen LogP contribution >= 0.6 is 11.6 Å². The molecule has 5 nitrogen and oxygen atoms in total. The lowest BCUT2D eigenvalue weighted by Crippen LogP contribution is -2.42. The van der Waals surface area contributed by atoms with Crippen molar-refractivity contribution in [3.05, 3.63) is 64.7 Å². The molecule has 6 heteroatoms. The second-order valence-corrected chi connectivity index (χ2v) is 7.04. The second-order valence-electron chi connectivity index (χ2n) is 6.61. The molecule has 0 aromatic heterocycles. The zero-order valence-electron chi connectivity index (χ0n) is 14.2. The molecule has 0 bridgehead atoms. The van der Waals surface area contributed by atoms with Crippen LogP contribution in [0.25, 0.3) is 0 Å². The van der Waals surface area contributed by atoms with Gasteiger partial charge in [-0.1, -0.05) is 35.9 Å². The number of hydrogen-bond acceptors (Lipinski definition) is 3. The number of ether oxygens (including phenoxy) is 1. The van der Waals surface area contributed by atoms with E-state index in [2.05, 4.69) is 5.32 Å². The van der Waals surface area contributed by atoms with Crippen LogP contribution < -0.4 is 10.1 Å². The van der Waals surface area contributed by atoms with Crippen LogP contribution in [0.3, 0.4) is 0 Å². The van der Waals surface area contributed by atoms with Gasteiger partial charge in [-0.2, -0.15) is 0 Å². The van der Waals surface area contributed by atoms with Gasteiger partial charge in [0.25, 0.3) is 5.91 Å². The number of benzene rings is 2. The van der Waals surface area contributed by atoms with Crippen molar-refractivity contribution in [2.75, 3.05) is 13.2 Å². The number of halogens is 1. The molecule has 2 aliphatic rings. The molecule has 1 saturated heterocycles. The molecule has 1 spiro atoms. The van der Waals surface area contributed by atoms with Crippen LogP contribution in [0.15, 0.2) is 48.5 Å². The first-order valence-electron chi connectivity index (χ1n) is 8.71. The lowest BCUT2D eigenvalue weighted by Gasteiger charge is -2.22. The quantitative estimate of drug-likeness (QED) is 0.647. The molecule has 1 aliphatic carbocycles. The monoisotopic (exact) mass is 370 g/mol. The summed E-state index contributed by atoms with van der Waals surface area (Å²) in [5.41, 5.74) is 1.18. The average molecular weight is 371 g/mol. The smallest absolute Gasteiger partial charge is 0.325 e. The number of carbonyl (C=O) groups is 2. The number of urea groups is 1. The number of imide groups is 1. The minimum absolute atomic E-state index is 0.154. The molecule has 4 rings (SSSR count). The van der Waals surface area contributed by atoms with Crippen molar-refractivity contribution in [3.8, 4) is 5.75 Å². The summed E-state index contributed by atoms with van der Waals surface area (Å²) < 4.78 is 5.64. The predicted molar refractivity (Wildman–Crippen MR) is 98.2 cm³/mol. The molecule has 0 saturated carbocycles. The fourth-order valence-corrected chi connectivity index (χ4v) is 3.86. The Morgan fingerprint density at radius 3 is 2.69 bits per heavy atom. The second kappa shape index (κ2) is 6.65. The van der Waals surface area contributed by atoms with Crippen molar-refractivity contribution in [2.45, 2.75) is 24.8 Å². The summed E-state index contributed by atoms with van der Waals surface area (Å²) in [4.78, 5) is 26.7. The normalized spacial score (nSPS) is 21.2. The highest BCUT2D eigenvalue weighted by Crippen LogP contribution is 2.41. The summed E-state index contributed by atoms with van der Waals surface area (Å²) in [6.45, 7) is 0.754. The Hall–Kier alpha value is -2.53. The van der Waals surface area contributed by atoms with Crippen LogP contribution in [0.2, 0.25) is 5.02 Å². The minimum Gasteiger partial charge on any atom is -0.494 e. The van der Waals surface area contributed by atoms with Gasteiger partial charge in [0.2, 0.25) is 0 Å². The van der Waals surface area contributed by atoms with E-state index in [9.17, 15) is 9.59 Å². The molecule has 0 unspecified atom stereocenters. The molecular formula is C20H19ClN2O3. The predicted octanol–water partition coefficient (Wildman–Crippen LogP) is 3.50. The zero-order valence-corrected chi connectivity index (χ0v) is 15.0. The third-order valence-corrected chi connectivity index (χ3v) is 5.28. The summed E-state index contributed by atoms with van der Waals surface area (Å²) in [7, 11) is 0. The maximum absolute atomic E-state index is 13.0. The van der Waals surface area contributed by atoms with Crippen LogP contribution in [0, 0.1) is 0 Å². The summed E-state index contributed by atoms with van der Waals surface area (Å²) in [5, 5.41) is 3.58. The van der Waals surface area contributed by atoms with Gasteiger partial charge < -0.3 is 10.1 Å². The molecule has 26 heavy (non-hydrogen) atoms. The molecule has 0 radical (unpaired) electrons. The lowest BCUT2D eigenvalue weighted by molar-refractivity contribution is -0.131. The molecule has 2 aromatic rings. The Morgan fingerprint density at radius 2 is 1.88 bits per heavy atom. The highest BCUT2D eigenvalue weighted by atomic mass is 35.5. The van der Waals surface area contributed by atoms with Gasteiger partial charge >= 0.3 is 6.03 Å². The van der Waals surface area contributed by atoms with Crippen molar-refractivity contribution in [3.63, 3.8) is 0 Å². The number of fused-ring (bicyclic) bond motifs is 2. The van der Waals surface area contributed by atoms with Gasteiger partial charge in [-0.05, 0) is 54.7 Å². The van der Waals surface area contributed by atoms with Crippen molar-refractivity contribution in [1.82, 2.24) is 10.2 Å². The van der Waals surface area contributed by atoms with Crippen molar-refractivity contribution in [1.29, 1.82) is 0 Å². The summed E-state index contributed by atoms with van der Waals surface area (Å²) in [6.07, 6.45) is 1.99. The maximum atomic E-state index is 13.0. The number of amides is 3. The summed E-state index contributed by atoms with van der Waals surface area (Å²) >= 11 is 5.84. The standard InChI is InChI=1S/C20H19ClN2O3/c21-15-6-8-16(9-7-15)26-13-3-12-23-18(24)20(22-19(23)25)11-10-14-4-1-2-5-17(14)20/h1-2,4-9H,3,10-13H2,(H,22,25)/t20-/m1/s1. The first-order chi connectivity index (χ1) is 12.6. The molecule has 1 aliphatic heterocycles. The van der Waals surface area contributed by atoms with Gasteiger partial charge in [-0.3, -0.25) is 9.69 Å². The fraction of sp³-hybridized carbons (Fsp3) is 0.300. The molecule has 1 fully saturated rings. The van der Waals surface area contributed by atoms with E-state index in [-0.39, 0.29) is 11.9 Å². The fourth-order valence-electron chi connectivity index (χ4n) is 3.74. The highest BCUT2D eigenvalue weighted by Gasteiger charge is 2.54. The van der Waals surface area contributed by atoms with E-state index in [0.29, 0.717) is 36.8 Å². The molecule has 1 N–H and O–H groups in total. The SMILES string of the molecule is O=C1N[C@@]2(CCc3ccccc32)C(=O)N1CCCOc1ccc(Cl)cc1. The number of aryl methyl sites for hydroxylation is 1. The van der Waals surface area contributed by atoms with Crippen LogP contribution in [0.4, 0.5) is 4.79 Å². The van der Waals surface area contributed by atoms with E-state index in [1.54, 1.807) is 24.3 Å². The molecular weight excluding hydrogens is 352 g/mol. The first kappa shape index (κ1) is 16.9. The largest absolute Gasteiger partial charge is 0.494 e. The summed E-state index contributed by atoms with van der Waals surface area (Å²) in [5.74, 6) is 0.562. The molecule has 1 heterocycles. The first-order valence-corrected chi connectivity index (χ1v) is 9.09. The average Bonchev–Trinajstić information content (AvgIpc) is 3.13. The zero-order chi connectivity index (χ0) is 18.1. The number of carbonyl (C=O) groups excluding carboxylic acids is 2. The molecule has 1 atom stereocenters. The Morgan fingerprint density at radius 1 is 1.12 bits per heavy atom. The van der Waals surface area contributed by atoms with E-state index in [1.807, 2.05) is 24.3 Å².